The molecule has 0 amide bonds. The molecule has 6 nitrogen and oxygen atoms in total. The van der Waals surface area contributed by atoms with E-state index in [2.05, 4.69) is 24.1 Å². The van der Waals surface area contributed by atoms with Gasteiger partial charge >= 0.3 is 5.69 Å². The van der Waals surface area contributed by atoms with E-state index in [1.807, 2.05) is 6.92 Å². The minimum Gasteiger partial charge on any atom is -0.383 e. The van der Waals surface area contributed by atoms with Gasteiger partial charge in [-0.15, -0.1) is 0 Å². The molecule has 0 radical (unpaired) electrons. The molecule has 0 atom stereocenters. The Bertz CT molecular complexity index is 590. The molecule has 1 fully saturated rings. The fourth-order valence-electron chi connectivity index (χ4n) is 2.79. The van der Waals surface area contributed by atoms with Crippen molar-refractivity contribution in [3.63, 3.8) is 0 Å². The van der Waals surface area contributed by atoms with Gasteiger partial charge in [0.15, 0.2) is 0 Å². The van der Waals surface area contributed by atoms with E-state index < -0.39 is 11.2 Å². The number of anilines is 2. The normalized spacial score (nSPS) is 18.9. The van der Waals surface area contributed by atoms with E-state index in [1.165, 1.54) is 4.57 Å². The molecule has 6 heteroatoms. The van der Waals surface area contributed by atoms with E-state index >= 15 is 0 Å². The molecule has 20 heavy (non-hydrogen) atoms. The summed E-state index contributed by atoms with van der Waals surface area (Å²) in [6.45, 7) is 6.79. The summed E-state index contributed by atoms with van der Waals surface area (Å²) in [6, 6.07) is 0.245. The molecule has 1 saturated carbocycles. The van der Waals surface area contributed by atoms with Crippen molar-refractivity contribution in [2.75, 3.05) is 11.1 Å². The Balaban J connectivity index is 2.22. The van der Waals surface area contributed by atoms with Crippen LogP contribution in [0, 0.1) is 5.41 Å². The Hall–Kier alpha value is -1.72. The number of hydrogen-bond donors (Lipinski definition) is 3. The van der Waals surface area contributed by atoms with Gasteiger partial charge in [0.1, 0.15) is 11.5 Å². The largest absolute Gasteiger partial charge is 0.383 e. The highest BCUT2D eigenvalue weighted by atomic mass is 16.2. The number of hydrogen-bond acceptors (Lipinski definition) is 4. The van der Waals surface area contributed by atoms with Gasteiger partial charge in [0, 0.05) is 12.6 Å². The second kappa shape index (κ2) is 5.34. The van der Waals surface area contributed by atoms with Crippen molar-refractivity contribution in [1.82, 2.24) is 9.55 Å². The van der Waals surface area contributed by atoms with E-state index in [0.29, 0.717) is 17.6 Å². The molecular weight excluding hydrogens is 256 g/mol. The van der Waals surface area contributed by atoms with Crippen LogP contribution in [0.5, 0.6) is 0 Å². The number of H-pyrrole nitrogens is 1. The quantitative estimate of drug-likeness (QED) is 0.782. The van der Waals surface area contributed by atoms with E-state index in [4.69, 9.17) is 5.73 Å². The maximum Gasteiger partial charge on any atom is 0.330 e. The van der Waals surface area contributed by atoms with Crippen LogP contribution in [-0.2, 0) is 6.54 Å². The average Bonchev–Trinajstić information content (AvgIpc) is 2.36. The molecule has 112 valence electrons. The number of nitrogens with zero attached hydrogens (tertiary/aromatic N) is 1. The Labute approximate surface area is 118 Å². The first-order valence-electron chi connectivity index (χ1n) is 7.23. The van der Waals surface area contributed by atoms with Crippen LogP contribution in [0.1, 0.15) is 46.5 Å². The predicted molar refractivity (Wildman–Crippen MR) is 81.1 cm³/mol. The maximum atomic E-state index is 11.9. The van der Waals surface area contributed by atoms with E-state index in [-0.39, 0.29) is 11.9 Å². The molecule has 2 rings (SSSR count). The highest BCUT2D eigenvalue weighted by Crippen LogP contribution is 2.36. The molecular formula is C14H24N4O2. The maximum absolute atomic E-state index is 11.9. The standard InChI is InChI=1S/C14H24N4O2/c1-4-18-11(15)10(12(19)17-13(18)20)16-9-5-7-14(2,3)8-6-9/h9,16H,4-8,15H2,1-3H3,(H,17,19,20). The number of aromatic amines is 1. The number of nitrogens with one attached hydrogen (secondary N) is 2. The number of nitrogen functional groups attached to an aromatic ring is 1. The number of rotatable bonds is 3. The molecule has 1 aromatic rings. The number of nitrogens with two attached hydrogens (primary N) is 1. The Morgan fingerprint density at radius 1 is 1.35 bits per heavy atom. The summed E-state index contributed by atoms with van der Waals surface area (Å²) in [7, 11) is 0. The zero-order valence-corrected chi connectivity index (χ0v) is 12.5. The van der Waals surface area contributed by atoms with E-state index in [9.17, 15) is 9.59 Å². The summed E-state index contributed by atoms with van der Waals surface area (Å²) in [6.07, 6.45) is 4.26. The number of aromatic nitrogens is 2. The smallest absolute Gasteiger partial charge is 0.330 e. The van der Waals surface area contributed by atoms with E-state index in [0.717, 1.165) is 25.7 Å². The molecule has 0 saturated heterocycles. The second-order valence-electron chi connectivity index (χ2n) is 6.35. The lowest BCUT2D eigenvalue weighted by Crippen LogP contribution is -2.37. The lowest BCUT2D eigenvalue weighted by atomic mass is 9.75. The van der Waals surface area contributed by atoms with Crippen molar-refractivity contribution in [2.45, 2.75) is 59.0 Å². The van der Waals surface area contributed by atoms with Crippen molar-refractivity contribution in [2.24, 2.45) is 5.41 Å². The van der Waals surface area contributed by atoms with Gasteiger partial charge in [-0.05, 0) is 38.0 Å². The first-order chi connectivity index (χ1) is 9.34. The van der Waals surface area contributed by atoms with Crippen molar-refractivity contribution in [3.8, 4) is 0 Å². The molecule has 0 aromatic carbocycles. The Kier molecular flexibility index (Phi) is 3.92. The van der Waals surface area contributed by atoms with E-state index in [1.54, 1.807) is 0 Å². The fraction of sp³-hybridized carbons (Fsp3) is 0.714. The zero-order valence-electron chi connectivity index (χ0n) is 12.5. The zero-order chi connectivity index (χ0) is 14.9. The van der Waals surface area contributed by atoms with Gasteiger partial charge in [-0.25, -0.2) is 4.79 Å². The molecule has 1 aromatic heterocycles. The molecule has 0 bridgehead atoms. The monoisotopic (exact) mass is 280 g/mol. The molecule has 0 unspecified atom stereocenters. The molecule has 1 aliphatic carbocycles. The van der Waals surface area contributed by atoms with Crippen LogP contribution in [0.2, 0.25) is 0 Å². The topological polar surface area (TPSA) is 92.9 Å². The second-order valence-corrected chi connectivity index (χ2v) is 6.35. The summed E-state index contributed by atoms with van der Waals surface area (Å²) in [5.41, 5.74) is 5.77. The van der Waals surface area contributed by atoms with Crippen LogP contribution in [0.4, 0.5) is 11.5 Å². The molecule has 4 N–H and O–H groups in total. The minimum atomic E-state index is -0.453. The predicted octanol–water partition coefficient (Wildman–Crippen LogP) is 1.52. The highest BCUT2D eigenvalue weighted by molar-refractivity contribution is 5.60. The summed E-state index contributed by atoms with van der Waals surface area (Å²) in [5, 5.41) is 3.23. The van der Waals surface area contributed by atoms with Crippen LogP contribution >= 0.6 is 0 Å². The highest BCUT2D eigenvalue weighted by Gasteiger charge is 2.27. The van der Waals surface area contributed by atoms with Crippen LogP contribution in [0.15, 0.2) is 9.59 Å². The van der Waals surface area contributed by atoms with Gasteiger partial charge in [-0.2, -0.15) is 0 Å². The first kappa shape index (κ1) is 14.7. The van der Waals surface area contributed by atoms with Gasteiger partial charge in [0.05, 0.1) is 0 Å². The van der Waals surface area contributed by atoms with Crippen molar-refractivity contribution < 1.29 is 0 Å². The van der Waals surface area contributed by atoms with Crippen molar-refractivity contribution in [1.29, 1.82) is 0 Å². The lowest BCUT2D eigenvalue weighted by Gasteiger charge is -2.35. The van der Waals surface area contributed by atoms with Gasteiger partial charge in [0.25, 0.3) is 5.56 Å². The molecule has 0 aliphatic heterocycles. The summed E-state index contributed by atoms with van der Waals surface area (Å²) in [5.74, 6) is 0.228. The lowest BCUT2D eigenvalue weighted by molar-refractivity contribution is 0.232. The summed E-state index contributed by atoms with van der Waals surface area (Å²) in [4.78, 5) is 25.9. The third-order valence-electron chi connectivity index (χ3n) is 4.24. The molecule has 1 aliphatic rings. The van der Waals surface area contributed by atoms with Gasteiger partial charge < -0.3 is 11.1 Å². The fourth-order valence-corrected chi connectivity index (χ4v) is 2.79. The molecule has 0 spiro atoms. The molecule has 1 heterocycles. The summed E-state index contributed by atoms with van der Waals surface area (Å²) >= 11 is 0. The Morgan fingerprint density at radius 3 is 2.50 bits per heavy atom. The van der Waals surface area contributed by atoms with Crippen molar-refractivity contribution >= 4 is 11.5 Å². The average molecular weight is 280 g/mol. The van der Waals surface area contributed by atoms with Crippen LogP contribution in [0.25, 0.3) is 0 Å². The van der Waals surface area contributed by atoms with Crippen LogP contribution < -0.4 is 22.3 Å². The first-order valence-corrected chi connectivity index (χ1v) is 7.23. The third kappa shape index (κ3) is 2.89. The van der Waals surface area contributed by atoms with Gasteiger partial charge in [-0.3, -0.25) is 14.3 Å². The van der Waals surface area contributed by atoms with Gasteiger partial charge in [0.2, 0.25) is 0 Å². The minimum absolute atomic E-state index is 0.228. The Morgan fingerprint density at radius 2 is 1.95 bits per heavy atom. The van der Waals surface area contributed by atoms with Gasteiger partial charge in [-0.1, -0.05) is 13.8 Å². The van der Waals surface area contributed by atoms with Crippen LogP contribution in [0.3, 0.4) is 0 Å². The van der Waals surface area contributed by atoms with Crippen molar-refractivity contribution in [3.05, 3.63) is 20.8 Å². The summed E-state index contributed by atoms with van der Waals surface area (Å²) < 4.78 is 1.37. The third-order valence-corrected chi connectivity index (χ3v) is 4.24. The van der Waals surface area contributed by atoms with Crippen LogP contribution in [-0.4, -0.2) is 15.6 Å². The SMILES string of the molecule is CCn1c(N)c(NC2CCC(C)(C)CC2)c(=O)[nH]c1=O.